The van der Waals surface area contributed by atoms with E-state index in [-0.39, 0.29) is 0 Å². The van der Waals surface area contributed by atoms with Crippen molar-refractivity contribution in [2.75, 3.05) is 20.1 Å². The van der Waals surface area contributed by atoms with Gasteiger partial charge < -0.3 is 10.2 Å². The smallest absolute Gasteiger partial charge is 0.00922 e. The van der Waals surface area contributed by atoms with E-state index in [1.807, 2.05) is 0 Å². The molecule has 0 aliphatic heterocycles. The highest BCUT2D eigenvalue weighted by Crippen LogP contribution is 2.21. The molecule has 2 heteroatoms. The van der Waals surface area contributed by atoms with Crippen LogP contribution in [0.4, 0.5) is 0 Å². The van der Waals surface area contributed by atoms with E-state index in [0.29, 0.717) is 6.04 Å². The molecule has 108 valence electrons. The second-order valence-electron chi connectivity index (χ2n) is 6.61. The average Bonchev–Trinajstić information content (AvgIpc) is 2.34. The van der Waals surface area contributed by atoms with Crippen LogP contribution in [0.15, 0.2) is 0 Å². The molecule has 0 spiro atoms. The Balaban J connectivity index is 2.02. The lowest BCUT2D eigenvalue weighted by Gasteiger charge is -2.31. The Morgan fingerprint density at radius 1 is 1.11 bits per heavy atom. The quantitative estimate of drug-likeness (QED) is 0.665. The fraction of sp³-hybridized carbons (Fsp3) is 1.00. The molecule has 1 rings (SSSR count). The maximum Gasteiger partial charge on any atom is 0.00922 e. The fourth-order valence-corrected chi connectivity index (χ4v) is 3.17. The molecule has 18 heavy (non-hydrogen) atoms. The third-order valence-corrected chi connectivity index (χ3v) is 4.20. The Bertz CT molecular complexity index is 197. The van der Waals surface area contributed by atoms with Crippen LogP contribution in [0.3, 0.4) is 0 Å². The SMILES string of the molecule is CC(C)CC(C)NCCCN(C)C1CCCCC1. The van der Waals surface area contributed by atoms with Crippen LogP contribution in [0.2, 0.25) is 0 Å². The zero-order chi connectivity index (χ0) is 13.4. The van der Waals surface area contributed by atoms with Gasteiger partial charge in [0.05, 0.1) is 0 Å². The van der Waals surface area contributed by atoms with Crippen molar-refractivity contribution in [3.05, 3.63) is 0 Å². The van der Waals surface area contributed by atoms with Crippen molar-refractivity contribution in [1.82, 2.24) is 10.2 Å². The summed E-state index contributed by atoms with van der Waals surface area (Å²) in [5.74, 6) is 0.803. The van der Waals surface area contributed by atoms with Crippen molar-refractivity contribution in [3.63, 3.8) is 0 Å². The summed E-state index contributed by atoms with van der Waals surface area (Å²) in [5.41, 5.74) is 0. The first-order valence-corrected chi connectivity index (χ1v) is 8.03. The number of nitrogens with zero attached hydrogens (tertiary/aromatic N) is 1. The summed E-state index contributed by atoms with van der Waals surface area (Å²) in [6.45, 7) is 9.34. The first kappa shape index (κ1) is 16.0. The minimum atomic E-state index is 0.671. The van der Waals surface area contributed by atoms with Crippen molar-refractivity contribution in [2.24, 2.45) is 5.92 Å². The fourth-order valence-electron chi connectivity index (χ4n) is 3.17. The van der Waals surface area contributed by atoms with E-state index in [9.17, 15) is 0 Å². The van der Waals surface area contributed by atoms with Crippen LogP contribution in [0, 0.1) is 5.92 Å². The van der Waals surface area contributed by atoms with Gasteiger partial charge in [0.25, 0.3) is 0 Å². The molecule has 0 radical (unpaired) electrons. The number of rotatable bonds is 8. The van der Waals surface area contributed by atoms with Gasteiger partial charge in [-0.05, 0) is 58.7 Å². The maximum atomic E-state index is 3.65. The molecular weight excluding hydrogens is 220 g/mol. The molecule has 0 aromatic carbocycles. The van der Waals surface area contributed by atoms with Gasteiger partial charge in [-0.3, -0.25) is 0 Å². The highest BCUT2D eigenvalue weighted by atomic mass is 15.1. The Hall–Kier alpha value is -0.0800. The Morgan fingerprint density at radius 3 is 2.39 bits per heavy atom. The van der Waals surface area contributed by atoms with Gasteiger partial charge >= 0.3 is 0 Å². The highest BCUT2D eigenvalue weighted by Gasteiger charge is 2.17. The van der Waals surface area contributed by atoms with E-state index in [1.54, 1.807) is 0 Å². The minimum absolute atomic E-state index is 0.671. The van der Waals surface area contributed by atoms with Crippen molar-refractivity contribution < 1.29 is 0 Å². The molecule has 1 saturated carbocycles. The third-order valence-electron chi connectivity index (χ3n) is 4.20. The lowest BCUT2D eigenvalue weighted by atomic mass is 9.94. The summed E-state index contributed by atoms with van der Waals surface area (Å²) in [6, 6.07) is 1.54. The van der Waals surface area contributed by atoms with Gasteiger partial charge in [-0.1, -0.05) is 33.1 Å². The van der Waals surface area contributed by atoms with Crippen molar-refractivity contribution in [2.45, 2.75) is 77.8 Å². The Kier molecular flexibility index (Phi) is 7.92. The molecule has 1 aliphatic carbocycles. The molecule has 0 aromatic heterocycles. The summed E-state index contributed by atoms with van der Waals surface area (Å²) in [6.07, 6.45) is 9.77. The molecule has 0 heterocycles. The largest absolute Gasteiger partial charge is 0.314 e. The second kappa shape index (κ2) is 8.92. The molecule has 1 unspecified atom stereocenters. The van der Waals surface area contributed by atoms with Gasteiger partial charge in [0.15, 0.2) is 0 Å². The lowest BCUT2D eigenvalue weighted by molar-refractivity contribution is 0.189. The van der Waals surface area contributed by atoms with Gasteiger partial charge in [0.1, 0.15) is 0 Å². The summed E-state index contributed by atoms with van der Waals surface area (Å²) >= 11 is 0. The minimum Gasteiger partial charge on any atom is -0.314 e. The monoisotopic (exact) mass is 254 g/mol. The van der Waals surface area contributed by atoms with Gasteiger partial charge in [-0.2, -0.15) is 0 Å². The van der Waals surface area contributed by atoms with E-state index < -0.39 is 0 Å². The number of hydrogen-bond acceptors (Lipinski definition) is 2. The molecule has 0 saturated heterocycles. The molecule has 1 fully saturated rings. The first-order chi connectivity index (χ1) is 8.59. The normalized spacial score (nSPS) is 19.7. The van der Waals surface area contributed by atoms with Gasteiger partial charge in [-0.25, -0.2) is 0 Å². The molecule has 2 nitrogen and oxygen atoms in total. The summed E-state index contributed by atoms with van der Waals surface area (Å²) < 4.78 is 0. The Morgan fingerprint density at radius 2 is 1.78 bits per heavy atom. The first-order valence-electron chi connectivity index (χ1n) is 8.03. The number of nitrogens with one attached hydrogen (secondary N) is 1. The van der Waals surface area contributed by atoms with Crippen molar-refractivity contribution in [1.29, 1.82) is 0 Å². The number of hydrogen-bond donors (Lipinski definition) is 1. The van der Waals surface area contributed by atoms with Crippen LogP contribution in [-0.4, -0.2) is 37.1 Å². The van der Waals surface area contributed by atoms with Crippen LogP contribution >= 0.6 is 0 Å². The van der Waals surface area contributed by atoms with E-state index >= 15 is 0 Å². The predicted octanol–water partition coefficient (Wildman–Crippen LogP) is 3.67. The van der Waals surface area contributed by atoms with E-state index in [0.717, 1.165) is 12.0 Å². The van der Waals surface area contributed by atoms with Crippen molar-refractivity contribution >= 4 is 0 Å². The maximum absolute atomic E-state index is 3.65. The summed E-state index contributed by atoms with van der Waals surface area (Å²) in [5, 5.41) is 3.65. The standard InChI is InChI=1S/C16H34N2/c1-14(2)13-15(3)17-11-8-12-18(4)16-9-6-5-7-10-16/h14-17H,5-13H2,1-4H3. The van der Waals surface area contributed by atoms with E-state index in [2.05, 4.69) is 38.0 Å². The average molecular weight is 254 g/mol. The van der Waals surface area contributed by atoms with E-state index in [1.165, 1.54) is 58.0 Å². The second-order valence-corrected chi connectivity index (χ2v) is 6.61. The summed E-state index contributed by atoms with van der Waals surface area (Å²) in [7, 11) is 2.31. The van der Waals surface area contributed by atoms with Crippen LogP contribution in [0.1, 0.15) is 65.7 Å². The molecule has 1 N–H and O–H groups in total. The van der Waals surface area contributed by atoms with E-state index in [4.69, 9.17) is 0 Å². The third kappa shape index (κ3) is 6.75. The molecule has 1 atom stereocenters. The van der Waals surface area contributed by atoms with Crippen molar-refractivity contribution in [3.8, 4) is 0 Å². The van der Waals surface area contributed by atoms with Crippen LogP contribution in [-0.2, 0) is 0 Å². The molecule has 0 amide bonds. The molecular formula is C16H34N2. The summed E-state index contributed by atoms with van der Waals surface area (Å²) in [4.78, 5) is 2.59. The van der Waals surface area contributed by atoms with Gasteiger partial charge in [0, 0.05) is 12.1 Å². The lowest BCUT2D eigenvalue weighted by Crippen LogP contribution is -2.36. The van der Waals surface area contributed by atoms with Crippen LogP contribution < -0.4 is 5.32 Å². The van der Waals surface area contributed by atoms with Crippen LogP contribution in [0.5, 0.6) is 0 Å². The van der Waals surface area contributed by atoms with Crippen LogP contribution in [0.25, 0.3) is 0 Å². The molecule has 0 aromatic rings. The Labute approximate surface area is 115 Å². The molecule has 1 aliphatic rings. The highest BCUT2D eigenvalue weighted by molar-refractivity contribution is 4.73. The van der Waals surface area contributed by atoms with Gasteiger partial charge in [-0.15, -0.1) is 0 Å². The predicted molar refractivity (Wildman–Crippen MR) is 81.0 cm³/mol. The zero-order valence-corrected chi connectivity index (χ0v) is 13.0. The molecule has 0 bridgehead atoms. The topological polar surface area (TPSA) is 15.3 Å². The zero-order valence-electron chi connectivity index (χ0n) is 13.0. The van der Waals surface area contributed by atoms with Gasteiger partial charge in [0.2, 0.25) is 0 Å².